The Morgan fingerprint density at radius 1 is 1.37 bits per heavy atom. The molecule has 1 unspecified atom stereocenters. The molecule has 0 spiro atoms. The third-order valence-electron chi connectivity index (χ3n) is 2.96. The van der Waals surface area contributed by atoms with Crippen molar-refractivity contribution >= 4 is 11.6 Å². The van der Waals surface area contributed by atoms with Gasteiger partial charge in [-0.3, -0.25) is 10.6 Å². The highest BCUT2D eigenvalue weighted by atomic mass is 16.3. The molecule has 2 rings (SSSR count). The van der Waals surface area contributed by atoms with Gasteiger partial charge in [-0.05, 0) is 49.7 Å². The second-order valence-corrected chi connectivity index (χ2v) is 4.38. The molecule has 0 aliphatic heterocycles. The highest BCUT2D eigenvalue weighted by Crippen LogP contribution is 2.17. The fourth-order valence-electron chi connectivity index (χ4n) is 1.89. The lowest BCUT2D eigenvalue weighted by Crippen LogP contribution is -2.27. The van der Waals surface area contributed by atoms with Crippen LogP contribution in [-0.4, -0.2) is 5.91 Å². The zero-order valence-corrected chi connectivity index (χ0v) is 10.9. The van der Waals surface area contributed by atoms with Crippen molar-refractivity contribution in [2.75, 3.05) is 5.43 Å². The predicted octanol–water partition coefficient (Wildman–Crippen LogP) is 2.36. The largest absolute Gasteiger partial charge is 0.467 e. The Morgan fingerprint density at radius 3 is 2.74 bits per heavy atom. The maximum atomic E-state index is 12.2. The molecule has 0 fully saturated rings. The van der Waals surface area contributed by atoms with Gasteiger partial charge < -0.3 is 15.2 Å². The Balaban J connectivity index is 2.12. The molecule has 0 aliphatic rings. The van der Waals surface area contributed by atoms with Crippen molar-refractivity contribution in [1.82, 2.24) is 5.32 Å². The molecule has 5 nitrogen and oxygen atoms in total. The smallest absolute Gasteiger partial charge is 0.252 e. The van der Waals surface area contributed by atoms with E-state index in [0.717, 1.165) is 17.0 Å². The van der Waals surface area contributed by atoms with Gasteiger partial charge in [-0.15, -0.1) is 0 Å². The lowest BCUT2D eigenvalue weighted by Gasteiger charge is -2.13. The summed E-state index contributed by atoms with van der Waals surface area (Å²) in [6, 6.07) is 8.79. The van der Waals surface area contributed by atoms with Crippen LogP contribution in [0.2, 0.25) is 0 Å². The lowest BCUT2D eigenvalue weighted by atomic mass is 10.1. The van der Waals surface area contributed by atoms with E-state index in [-0.39, 0.29) is 11.9 Å². The highest BCUT2D eigenvalue weighted by molar-refractivity contribution is 5.96. The number of carbonyl (C=O) groups excluding carboxylic acids is 1. The maximum absolute atomic E-state index is 12.2. The van der Waals surface area contributed by atoms with Gasteiger partial charge in [-0.2, -0.15) is 0 Å². The Kier molecular flexibility index (Phi) is 3.87. The van der Waals surface area contributed by atoms with E-state index in [9.17, 15) is 4.79 Å². The standard InChI is InChI=1S/C14H17N3O2/c1-9-8-11(17-15)5-6-12(9)14(18)16-10(2)13-4-3-7-19-13/h3-8,10,17H,15H2,1-2H3,(H,16,18). The average molecular weight is 259 g/mol. The number of benzene rings is 1. The van der Waals surface area contributed by atoms with Crippen LogP contribution in [0.5, 0.6) is 0 Å². The topological polar surface area (TPSA) is 80.3 Å². The summed E-state index contributed by atoms with van der Waals surface area (Å²) in [5, 5.41) is 2.89. The van der Waals surface area contributed by atoms with Gasteiger partial charge in [0.15, 0.2) is 0 Å². The average Bonchev–Trinajstić information content (AvgIpc) is 2.92. The van der Waals surface area contributed by atoms with Crippen LogP contribution in [-0.2, 0) is 0 Å². The number of amides is 1. The number of hydrogen-bond acceptors (Lipinski definition) is 4. The number of rotatable bonds is 4. The van der Waals surface area contributed by atoms with Gasteiger partial charge in [0.05, 0.1) is 12.3 Å². The van der Waals surface area contributed by atoms with Crippen LogP contribution in [0, 0.1) is 6.92 Å². The van der Waals surface area contributed by atoms with Gasteiger partial charge in [-0.1, -0.05) is 0 Å². The molecule has 0 saturated carbocycles. The molecule has 1 heterocycles. The third-order valence-corrected chi connectivity index (χ3v) is 2.96. The van der Waals surface area contributed by atoms with Crippen LogP contribution in [0.25, 0.3) is 0 Å². The van der Waals surface area contributed by atoms with E-state index in [4.69, 9.17) is 10.3 Å². The van der Waals surface area contributed by atoms with Gasteiger partial charge in [0, 0.05) is 11.3 Å². The maximum Gasteiger partial charge on any atom is 0.252 e. The van der Waals surface area contributed by atoms with Crippen molar-refractivity contribution < 1.29 is 9.21 Å². The normalized spacial score (nSPS) is 11.9. The number of furan rings is 1. The fourth-order valence-corrected chi connectivity index (χ4v) is 1.89. The zero-order valence-electron chi connectivity index (χ0n) is 10.9. The van der Waals surface area contributed by atoms with Gasteiger partial charge in [0.1, 0.15) is 5.76 Å². The quantitative estimate of drug-likeness (QED) is 0.581. The Bertz CT molecular complexity index is 564. The molecule has 4 N–H and O–H groups in total. The molecule has 1 atom stereocenters. The number of carbonyl (C=O) groups is 1. The molecular weight excluding hydrogens is 242 g/mol. The van der Waals surface area contributed by atoms with E-state index < -0.39 is 0 Å². The van der Waals surface area contributed by atoms with E-state index in [1.54, 1.807) is 24.5 Å². The minimum absolute atomic E-state index is 0.134. The van der Waals surface area contributed by atoms with E-state index in [1.165, 1.54) is 0 Å². The van der Waals surface area contributed by atoms with Gasteiger partial charge in [0.2, 0.25) is 0 Å². The molecule has 1 aromatic heterocycles. The highest BCUT2D eigenvalue weighted by Gasteiger charge is 2.15. The summed E-state index contributed by atoms with van der Waals surface area (Å²) in [4.78, 5) is 12.2. The van der Waals surface area contributed by atoms with E-state index in [2.05, 4.69) is 10.7 Å². The van der Waals surface area contributed by atoms with Crippen molar-refractivity contribution in [3.8, 4) is 0 Å². The minimum atomic E-state index is -0.172. The number of anilines is 1. The number of hydrazine groups is 1. The Labute approximate surface area is 111 Å². The Hall–Kier alpha value is -2.27. The van der Waals surface area contributed by atoms with E-state index in [0.29, 0.717) is 5.56 Å². The van der Waals surface area contributed by atoms with Crippen LogP contribution < -0.4 is 16.6 Å². The molecule has 5 heteroatoms. The number of nitrogens with one attached hydrogen (secondary N) is 2. The number of hydrogen-bond donors (Lipinski definition) is 3. The summed E-state index contributed by atoms with van der Waals surface area (Å²) in [6.07, 6.45) is 1.59. The fraction of sp³-hybridized carbons (Fsp3) is 0.214. The zero-order chi connectivity index (χ0) is 13.8. The predicted molar refractivity (Wildman–Crippen MR) is 73.6 cm³/mol. The first-order chi connectivity index (χ1) is 9.11. The van der Waals surface area contributed by atoms with Gasteiger partial charge in [-0.25, -0.2) is 0 Å². The van der Waals surface area contributed by atoms with Crippen molar-refractivity contribution in [2.45, 2.75) is 19.9 Å². The molecule has 0 bridgehead atoms. The van der Waals surface area contributed by atoms with Crippen LogP contribution in [0.15, 0.2) is 41.0 Å². The summed E-state index contributed by atoms with van der Waals surface area (Å²) in [5.41, 5.74) is 4.81. The van der Waals surface area contributed by atoms with Crippen LogP contribution >= 0.6 is 0 Å². The molecule has 0 radical (unpaired) electrons. The summed E-state index contributed by atoms with van der Waals surface area (Å²) in [7, 11) is 0. The summed E-state index contributed by atoms with van der Waals surface area (Å²) in [5.74, 6) is 5.92. The van der Waals surface area contributed by atoms with Crippen LogP contribution in [0.3, 0.4) is 0 Å². The van der Waals surface area contributed by atoms with Crippen LogP contribution in [0.4, 0.5) is 5.69 Å². The molecular formula is C14H17N3O2. The summed E-state index contributed by atoms with van der Waals surface area (Å²) < 4.78 is 5.26. The number of nitrogen functional groups attached to an aromatic ring is 1. The third kappa shape index (κ3) is 2.95. The molecule has 1 amide bonds. The summed E-state index contributed by atoms with van der Waals surface area (Å²) >= 11 is 0. The second-order valence-electron chi connectivity index (χ2n) is 4.38. The second kappa shape index (κ2) is 5.58. The molecule has 1 aromatic carbocycles. The van der Waals surface area contributed by atoms with E-state index >= 15 is 0 Å². The number of nitrogens with two attached hydrogens (primary N) is 1. The monoisotopic (exact) mass is 259 g/mol. The van der Waals surface area contributed by atoms with Crippen molar-refractivity contribution in [1.29, 1.82) is 0 Å². The van der Waals surface area contributed by atoms with Crippen LogP contribution in [0.1, 0.15) is 34.6 Å². The molecule has 0 saturated heterocycles. The first-order valence-electron chi connectivity index (χ1n) is 6.03. The first kappa shape index (κ1) is 13.2. The molecule has 0 aliphatic carbocycles. The molecule has 19 heavy (non-hydrogen) atoms. The SMILES string of the molecule is Cc1cc(NN)ccc1C(=O)NC(C)c1ccco1. The Morgan fingerprint density at radius 2 is 2.16 bits per heavy atom. The number of aryl methyl sites for hydroxylation is 1. The lowest BCUT2D eigenvalue weighted by molar-refractivity contribution is 0.0935. The first-order valence-corrected chi connectivity index (χ1v) is 6.03. The van der Waals surface area contributed by atoms with Gasteiger partial charge >= 0.3 is 0 Å². The van der Waals surface area contributed by atoms with Gasteiger partial charge in [0.25, 0.3) is 5.91 Å². The molecule has 100 valence electrons. The van der Waals surface area contributed by atoms with Crippen molar-refractivity contribution in [3.63, 3.8) is 0 Å². The molecule has 2 aromatic rings. The van der Waals surface area contributed by atoms with E-state index in [1.807, 2.05) is 26.0 Å². The minimum Gasteiger partial charge on any atom is -0.467 e. The summed E-state index contributed by atoms with van der Waals surface area (Å²) in [6.45, 7) is 3.75. The van der Waals surface area contributed by atoms with Crippen molar-refractivity contribution in [2.24, 2.45) is 5.84 Å². The van der Waals surface area contributed by atoms with Crippen molar-refractivity contribution in [3.05, 3.63) is 53.5 Å².